The van der Waals surface area contributed by atoms with Crippen molar-refractivity contribution in [1.29, 1.82) is 0 Å². The van der Waals surface area contributed by atoms with Crippen LogP contribution >= 0.6 is 0 Å². The van der Waals surface area contributed by atoms with Crippen LogP contribution in [0.3, 0.4) is 0 Å². The summed E-state index contributed by atoms with van der Waals surface area (Å²) in [5.41, 5.74) is 0. The fraction of sp³-hybridized carbons (Fsp3) is 0.867. The first kappa shape index (κ1) is 19.9. The third-order valence-corrected chi connectivity index (χ3v) is 13.4. The van der Waals surface area contributed by atoms with Gasteiger partial charge in [0.15, 0.2) is 16.6 Å². The highest BCUT2D eigenvalue weighted by molar-refractivity contribution is 6.75. The van der Waals surface area contributed by atoms with Gasteiger partial charge in [-0.25, -0.2) is 0 Å². The Morgan fingerprint density at radius 3 is 1.20 bits per heavy atom. The summed E-state index contributed by atoms with van der Waals surface area (Å²) in [5, 5.41) is 10.5. The lowest BCUT2D eigenvalue weighted by Gasteiger charge is -2.45. The van der Waals surface area contributed by atoms with Gasteiger partial charge in [-0.05, 0) is 42.2 Å². The molecular formula is C15H32O3Si2. The average molecular weight is 317 g/mol. The first-order valence-electron chi connectivity index (χ1n) is 7.08. The fourth-order valence-corrected chi connectivity index (χ4v) is 3.36. The van der Waals surface area contributed by atoms with E-state index >= 15 is 0 Å². The molecule has 0 aromatic carbocycles. The van der Waals surface area contributed by atoms with E-state index in [2.05, 4.69) is 47.5 Å². The zero-order valence-electron chi connectivity index (χ0n) is 14.8. The SMILES string of the molecule is C#CC(O)(O[Si](C)(C)C(C)(C)C)O[Si](C)(C)C(C)(C)C. The lowest BCUT2D eigenvalue weighted by atomic mass is 10.2. The maximum atomic E-state index is 10.6. The van der Waals surface area contributed by atoms with Crippen molar-refractivity contribution in [3.05, 3.63) is 0 Å². The average Bonchev–Trinajstić information content (AvgIpc) is 2.11. The Hall–Kier alpha value is -0.126. The summed E-state index contributed by atoms with van der Waals surface area (Å²) in [6.45, 7) is 20.8. The molecule has 1 N–H and O–H groups in total. The molecule has 0 aliphatic rings. The molecule has 0 aliphatic heterocycles. The van der Waals surface area contributed by atoms with Crippen molar-refractivity contribution < 1.29 is 14.0 Å². The minimum atomic E-state index is -2.22. The minimum absolute atomic E-state index is 0.0470. The molecular weight excluding hydrogens is 284 g/mol. The van der Waals surface area contributed by atoms with Gasteiger partial charge in [-0.2, -0.15) is 0 Å². The van der Waals surface area contributed by atoms with Crippen molar-refractivity contribution in [2.45, 2.75) is 83.8 Å². The highest BCUT2D eigenvalue weighted by atomic mass is 28.4. The smallest absolute Gasteiger partial charge is 0.331 e. The molecule has 0 saturated carbocycles. The largest absolute Gasteiger partial charge is 0.359 e. The Kier molecular flexibility index (Phi) is 5.54. The Morgan fingerprint density at radius 1 is 0.800 bits per heavy atom. The molecule has 5 heteroatoms. The minimum Gasteiger partial charge on any atom is -0.359 e. The summed E-state index contributed by atoms with van der Waals surface area (Å²) >= 11 is 0. The maximum Gasteiger partial charge on any atom is 0.331 e. The number of rotatable bonds is 4. The summed E-state index contributed by atoms with van der Waals surface area (Å²) in [5.74, 6) is 0.391. The van der Waals surface area contributed by atoms with Crippen molar-refractivity contribution in [1.82, 2.24) is 0 Å². The van der Waals surface area contributed by atoms with Gasteiger partial charge in [0.25, 0.3) is 0 Å². The van der Waals surface area contributed by atoms with Crippen LogP contribution in [0.15, 0.2) is 0 Å². The number of terminal acetylenes is 1. The molecule has 0 aromatic heterocycles. The molecule has 0 atom stereocenters. The van der Waals surface area contributed by atoms with E-state index in [-0.39, 0.29) is 10.1 Å². The third-order valence-electron chi connectivity index (χ3n) is 4.58. The van der Waals surface area contributed by atoms with Crippen LogP contribution in [0.5, 0.6) is 0 Å². The number of hydrogen-bond donors (Lipinski definition) is 1. The fourth-order valence-electron chi connectivity index (χ4n) is 1.08. The van der Waals surface area contributed by atoms with E-state index in [1.54, 1.807) is 0 Å². The van der Waals surface area contributed by atoms with Crippen molar-refractivity contribution >= 4 is 16.6 Å². The van der Waals surface area contributed by atoms with Crippen molar-refractivity contribution in [2.75, 3.05) is 0 Å². The van der Waals surface area contributed by atoms with Gasteiger partial charge >= 0.3 is 5.97 Å². The van der Waals surface area contributed by atoms with Crippen LogP contribution in [-0.2, 0) is 8.85 Å². The highest BCUT2D eigenvalue weighted by Gasteiger charge is 2.49. The van der Waals surface area contributed by atoms with Gasteiger partial charge < -0.3 is 14.0 Å². The molecule has 0 amide bonds. The third kappa shape index (κ3) is 4.71. The van der Waals surface area contributed by atoms with Crippen molar-refractivity contribution in [3.8, 4) is 12.3 Å². The quantitative estimate of drug-likeness (QED) is 0.477. The molecule has 3 nitrogen and oxygen atoms in total. The molecule has 0 spiro atoms. The molecule has 0 unspecified atom stereocenters. The number of hydrogen-bond acceptors (Lipinski definition) is 3. The van der Waals surface area contributed by atoms with Gasteiger partial charge in [-0.15, -0.1) is 6.42 Å². The first-order chi connectivity index (χ1) is 8.47. The normalized spacial score (nSPS) is 15.1. The molecule has 0 rings (SSSR count). The van der Waals surface area contributed by atoms with E-state index in [1.165, 1.54) is 0 Å². The van der Waals surface area contributed by atoms with E-state index < -0.39 is 22.6 Å². The topological polar surface area (TPSA) is 38.7 Å². The molecule has 118 valence electrons. The molecule has 0 radical (unpaired) electrons. The van der Waals surface area contributed by atoms with Crippen LogP contribution < -0.4 is 0 Å². The van der Waals surface area contributed by atoms with Crippen LogP contribution in [0.1, 0.15) is 41.5 Å². The molecule has 0 fully saturated rings. The molecule has 0 aromatic rings. The second kappa shape index (κ2) is 5.58. The van der Waals surface area contributed by atoms with Gasteiger partial charge in [0.05, 0.1) is 0 Å². The maximum absolute atomic E-state index is 10.6. The standard InChI is InChI=1S/C15H32O3Si2/c1-12-15(16,17-19(8,9)13(2,3)4)18-20(10,11)14(5,6)7/h1,16H,2-11H3. The van der Waals surface area contributed by atoms with Crippen LogP contribution in [0.2, 0.25) is 36.3 Å². The summed E-state index contributed by atoms with van der Waals surface area (Å²) in [4.78, 5) is 0. The lowest BCUT2D eigenvalue weighted by Crippen LogP contribution is -2.56. The van der Waals surface area contributed by atoms with Gasteiger partial charge in [0.1, 0.15) is 0 Å². The second-order valence-electron chi connectivity index (χ2n) is 8.45. The Balaban J connectivity index is 5.33. The monoisotopic (exact) mass is 316 g/mol. The van der Waals surface area contributed by atoms with Crippen LogP contribution in [0.4, 0.5) is 0 Å². The summed E-state index contributed by atoms with van der Waals surface area (Å²) < 4.78 is 11.9. The Morgan fingerprint density at radius 2 is 1.05 bits per heavy atom. The number of aliphatic hydroxyl groups is 1. The second-order valence-corrected chi connectivity index (χ2v) is 17.9. The van der Waals surface area contributed by atoms with Gasteiger partial charge in [0.2, 0.25) is 0 Å². The summed E-state index contributed by atoms with van der Waals surface area (Å²) in [6, 6.07) is 0. The molecule has 0 aliphatic carbocycles. The van der Waals surface area contributed by atoms with E-state index in [4.69, 9.17) is 15.3 Å². The lowest BCUT2D eigenvalue weighted by molar-refractivity contribution is -0.241. The van der Waals surface area contributed by atoms with E-state index in [1.807, 2.05) is 26.2 Å². The van der Waals surface area contributed by atoms with Gasteiger partial charge in [0, 0.05) is 0 Å². The van der Waals surface area contributed by atoms with Gasteiger partial charge in [-0.1, -0.05) is 41.5 Å². The molecule has 0 bridgehead atoms. The van der Waals surface area contributed by atoms with Crippen LogP contribution in [0, 0.1) is 12.3 Å². The Labute approximate surface area is 127 Å². The highest BCUT2D eigenvalue weighted by Crippen LogP contribution is 2.42. The van der Waals surface area contributed by atoms with Crippen LogP contribution in [-0.4, -0.2) is 27.7 Å². The molecule has 0 heterocycles. The predicted octanol–water partition coefficient (Wildman–Crippen LogP) is 4.31. The van der Waals surface area contributed by atoms with Crippen molar-refractivity contribution in [3.63, 3.8) is 0 Å². The zero-order chi connectivity index (χ0) is 16.6. The molecule has 20 heavy (non-hydrogen) atoms. The van der Waals surface area contributed by atoms with E-state index in [0.29, 0.717) is 0 Å². The predicted molar refractivity (Wildman–Crippen MR) is 90.3 cm³/mol. The Bertz CT molecular complexity index is 353. The molecule has 0 saturated heterocycles. The summed E-state index contributed by atoms with van der Waals surface area (Å²) in [6.07, 6.45) is 5.50. The van der Waals surface area contributed by atoms with Gasteiger partial charge in [-0.3, -0.25) is 0 Å². The van der Waals surface area contributed by atoms with E-state index in [9.17, 15) is 5.11 Å². The van der Waals surface area contributed by atoms with Crippen molar-refractivity contribution in [2.24, 2.45) is 0 Å². The van der Waals surface area contributed by atoms with E-state index in [0.717, 1.165) is 0 Å². The summed E-state index contributed by atoms with van der Waals surface area (Å²) in [7, 11) is -4.43. The zero-order valence-corrected chi connectivity index (χ0v) is 16.8. The van der Waals surface area contributed by atoms with Crippen LogP contribution in [0.25, 0.3) is 0 Å². The first-order valence-corrected chi connectivity index (χ1v) is 12.9.